The third-order valence-corrected chi connectivity index (χ3v) is 3.32. The highest BCUT2D eigenvalue weighted by atomic mass is 19.1. The lowest BCUT2D eigenvalue weighted by Crippen LogP contribution is -2.48. The number of morpholine rings is 1. The topological polar surface area (TPSA) is 52.9 Å². The van der Waals surface area contributed by atoms with Crippen molar-refractivity contribution in [2.45, 2.75) is 32.2 Å². The molecule has 1 aromatic carbocycles. The standard InChI is InChI=1S/C14H20FNO3/c1-9-6-16(7-12(8-17)19-9)14-4-3-11(10(2)18)5-13(14)15/h3-5,9-10,12,17-18H,6-8H2,1-2H3. The minimum Gasteiger partial charge on any atom is -0.394 e. The second kappa shape index (κ2) is 5.86. The number of anilines is 1. The van der Waals surface area contributed by atoms with Gasteiger partial charge in [-0.3, -0.25) is 0 Å². The molecule has 1 aromatic rings. The van der Waals surface area contributed by atoms with Crippen LogP contribution in [0.4, 0.5) is 10.1 Å². The lowest BCUT2D eigenvalue weighted by atomic mass is 10.1. The van der Waals surface area contributed by atoms with Gasteiger partial charge in [0.05, 0.1) is 30.6 Å². The summed E-state index contributed by atoms with van der Waals surface area (Å²) in [6, 6.07) is 4.75. The number of nitrogens with zero attached hydrogens (tertiary/aromatic N) is 1. The first-order valence-corrected chi connectivity index (χ1v) is 6.50. The third-order valence-electron chi connectivity index (χ3n) is 3.32. The molecule has 0 radical (unpaired) electrons. The fourth-order valence-electron chi connectivity index (χ4n) is 2.38. The fourth-order valence-corrected chi connectivity index (χ4v) is 2.38. The molecule has 0 saturated carbocycles. The minimum atomic E-state index is -0.683. The van der Waals surface area contributed by atoms with Gasteiger partial charge in [-0.1, -0.05) is 6.07 Å². The van der Waals surface area contributed by atoms with Gasteiger partial charge >= 0.3 is 0 Å². The predicted octanol–water partition coefficient (Wildman–Crippen LogP) is 1.46. The fraction of sp³-hybridized carbons (Fsp3) is 0.571. The SMILES string of the molecule is CC1CN(c2ccc(C(C)O)cc2F)CC(CO)O1. The van der Waals surface area contributed by atoms with Crippen molar-refractivity contribution in [2.75, 3.05) is 24.6 Å². The Bertz CT molecular complexity index is 439. The zero-order valence-corrected chi connectivity index (χ0v) is 11.2. The molecule has 0 aromatic heterocycles. The average Bonchev–Trinajstić information content (AvgIpc) is 2.37. The van der Waals surface area contributed by atoms with Crippen LogP contribution >= 0.6 is 0 Å². The molecule has 1 fully saturated rings. The Morgan fingerprint density at radius 3 is 2.79 bits per heavy atom. The highest BCUT2D eigenvalue weighted by Crippen LogP contribution is 2.26. The summed E-state index contributed by atoms with van der Waals surface area (Å²) in [5.41, 5.74) is 1.04. The lowest BCUT2D eigenvalue weighted by molar-refractivity contribution is -0.0422. The van der Waals surface area contributed by atoms with Crippen LogP contribution in [0.1, 0.15) is 25.5 Å². The molecule has 0 amide bonds. The molecule has 0 aliphatic carbocycles. The van der Waals surface area contributed by atoms with Crippen LogP contribution in [0.15, 0.2) is 18.2 Å². The Balaban J connectivity index is 2.21. The second-order valence-electron chi connectivity index (χ2n) is 5.04. The first kappa shape index (κ1) is 14.2. The highest BCUT2D eigenvalue weighted by molar-refractivity contribution is 5.50. The summed E-state index contributed by atoms with van der Waals surface area (Å²) < 4.78 is 19.6. The van der Waals surface area contributed by atoms with E-state index in [2.05, 4.69) is 0 Å². The average molecular weight is 269 g/mol. The van der Waals surface area contributed by atoms with Crippen LogP contribution < -0.4 is 4.90 Å². The van der Waals surface area contributed by atoms with Gasteiger partial charge in [-0.05, 0) is 31.5 Å². The molecule has 4 nitrogen and oxygen atoms in total. The maximum atomic E-state index is 14.1. The van der Waals surface area contributed by atoms with Gasteiger partial charge in [0.25, 0.3) is 0 Å². The number of aliphatic hydroxyl groups excluding tert-OH is 2. The van der Waals surface area contributed by atoms with E-state index in [-0.39, 0.29) is 24.6 Å². The zero-order chi connectivity index (χ0) is 14.0. The van der Waals surface area contributed by atoms with Crippen LogP contribution in [-0.4, -0.2) is 42.1 Å². The van der Waals surface area contributed by atoms with Crippen molar-refractivity contribution in [1.82, 2.24) is 0 Å². The predicted molar refractivity (Wildman–Crippen MR) is 70.7 cm³/mol. The number of hydrogen-bond acceptors (Lipinski definition) is 4. The first-order valence-electron chi connectivity index (χ1n) is 6.50. The molecule has 19 heavy (non-hydrogen) atoms. The van der Waals surface area contributed by atoms with Crippen LogP contribution in [0.5, 0.6) is 0 Å². The number of benzene rings is 1. The Morgan fingerprint density at radius 2 is 2.21 bits per heavy atom. The lowest BCUT2D eigenvalue weighted by Gasteiger charge is -2.37. The maximum Gasteiger partial charge on any atom is 0.146 e. The van der Waals surface area contributed by atoms with Crippen LogP contribution in [-0.2, 0) is 4.74 Å². The Morgan fingerprint density at radius 1 is 1.47 bits per heavy atom. The quantitative estimate of drug-likeness (QED) is 0.872. The Kier molecular flexibility index (Phi) is 4.39. The van der Waals surface area contributed by atoms with E-state index in [4.69, 9.17) is 4.74 Å². The molecule has 3 unspecified atom stereocenters. The molecule has 5 heteroatoms. The number of hydrogen-bond donors (Lipinski definition) is 2. The zero-order valence-electron chi connectivity index (χ0n) is 11.2. The van der Waals surface area contributed by atoms with E-state index in [9.17, 15) is 14.6 Å². The van der Waals surface area contributed by atoms with Crippen molar-refractivity contribution < 1.29 is 19.3 Å². The van der Waals surface area contributed by atoms with Gasteiger partial charge in [0.1, 0.15) is 5.82 Å². The molecule has 1 aliphatic rings. The molecule has 1 saturated heterocycles. The van der Waals surface area contributed by atoms with Crippen molar-refractivity contribution in [3.8, 4) is 0 Å². The summed E-state index contributed by atoms with van der Waals surface area (Å²) in [6.45, 7) is 4.48. The van der Waals surface area contributed by atoms with Crippen molar-refractivity contribution in [2.24, 2.45) is 0 Å². The van der Waals surface area contributed by atoms with Gasteiger partial charge < -0.3 is 19.8 Å². The number of ether oxygens (including phenoxy) is 1. The molecule has 3 atom stereocenters. The molecule has 0 bridgehead atoms. The molecule has 1 heterocycles. The molecular formula is C14H20FNO3. The van der Waals surface area contributed by atoms with E-state index in [0.717, 1.165) is 0 Å². The van der Waals surface area contributed by atoms with E-state index in [1.165, 1.54) is 6.07 Å². The monoisotopic (exact) mass is 269 g/mol. The van der Waals surface area contributed by atoms with Gasteiger partial charge in [0.15, 0.2) is 0 Å². The first-order chi connectivity index (χ1) is 9.01. The van der Waals surface area contributed by atoms with Crippen molar-refractivity contribution in [3.05, 3.63) is 29.6 Å². The maximum absolute atomic E-state index is 14.1. The number of aliphatic hydroxyl groups is 2. The molecule has 2 rings (SSSR count). The van der Waals surface area contributed by atoms with Crippen LogP contribution in [0.2, 0.25) is 0 Å². The van der Waals surface area contributed by atoms with Gasteiger partial charge in [0, 0.05) is 13.1 Å². The van der Waals surface area contributed by atoms with E-state index >= 15 is 0 Å². The van der Waals surface area contributed by atoms with Gasteiger partial charge in [-0.15, -0.1) is 0 Å². The van der Waals surface area contributed by atoms with Crippen molar-refractivity contribution in [1.29, 1.82) is 0 Å². The second-order valence-corrected chi connectivity index (χ2v) is 5.04. The van der Waals surface area contributed by atoms with Crippen LogP contribution in [0.3, 0.4) is 0 Å². The molecule has 2 N–H and O–H groups in total. The molecule has 1 aliphatic heterocycles. The van der Waals surface area contributed by atoms with E-state index in [1.54, 1.807) is 19.1 Å². The molecule has 106 valence electrons. The van der Waals surface area contributed by atoms with Gasteiger partial charge in [0.2, 0.25) is 0 Å². The van der Waals surface area contributed by atoms with E-state index in [1.807, 2.05) is 11.8 Å². The van der Waals surface area contributed by atoms with Crippen LogP contribution in [0.25, 0.3) is 0 Å². The normalized spacial score (nSPS) is 25.4. The van der Waals surface area contributed by atoms with Crippen molar-refractivity contribution >= 4 is 5.69 Å². The van der Waals surface area contributed by atoms with E-state index in [0.29, 0.717) is 24.3 Å². The molecule has 0 spiro atoms. The van der Waals surface area contributed by atoms with Gasteiger partial charge in [-0.2, -0.15) is 0 Å². The summed E-state index contributed by atoms with van der Waals surface area (Å²) in [5, 5.41) is 18.6. The third kappa shape index (κ3) is 3.23. The summed E-state index contributed by atoms with van der Waals surface area (Å²) in [4.78, 5) is 1.87. The number of halogens is 1. The van der Waals surface area contributed by atoms with Crippen molar-refractivity contribution in [3.63, 3.8) is 0 Å². The Hall–Kier alpha value is -1.17. The summed E-state index contributed by atoms with van der Waals surface area (Å²) in [7, 11) is 0. The highest BCUT2D eigenvalue weighted by Gasteiger charge is 2.26. The summed E-state index contributed by atoms with van der Waals surface area (Å²) in [5.74, 6) is -0.357. The van der Waals surface area contributed by atoms with E-state index < -0.39 is 6.10 Å². The largest absolute Gasteiger partial charge is 0.394 e. The summed E-state index contributed by atoms with van der Waals surface area (Å²) in [6.07, 6.45) is -1.03. The Labute approximate surface area is 112 Å². The van der Waals surface area contributed by atoms with Crippen LogP contribution in [0, 0.1) is 5.82 Å². The minimum absolute atomic E-state index is 0.0539. The number of rotatable bonds is 3. The van der Waals surface area contributed by atoms with Gasteiger partial charge in [-0.25, -0.2) is 4.39 Å². The summed E-state index contributed by atoms with van der Waals surface area (Å²) >= 11 is 0. The molecular weight excluding hydrogens is 249 g/mol. The smallest absolute Gasteiger partial charge is 0.146 e.